The van der Waals surface area contributed by atoms with Gasteiger partial charge in [-0.3, -0.25) is 4.79 Å². The number of hydrogen-bond acceptors (Lipinski definition) is 3. The zero-order valence-electron chi connectivity index (χ0n) is 9.63. The van der Waals surface area contributed by atoms with E-state index in [-0.39, 0.29) is 11.9 Å². The number of rotatable bonds is 1. The number of thioether (sulfide) groups is 1. The molecular weight excluding hydrogens is 232 g/mol. The first kappa shape index (κ1) is 10.9. The number of benzene rings is 1. The highest BCUT2D eigenvalue weighted by Gasteiger charge is 2.55. The van der Waals surface area contributed by atoms with Crippen LogP contribution in [0.25, 0.3) is 0 Å². The fourth-order valence-electron chi connectivity index (χ4n) is 2.58. The van der Waals surface area contributed by atoms with Crippen molar-refractivity contribution in [3.63, 3.8) is 0 Å². The zero-order valence-corrected chi connectivity index (χ0v) is 10.4. The summed E-state index contributed by atoms with van der Waals surface area (Å²) in [7, 11) is 0. The summed E-state index contributed by atoms with van der Waals surface area (Å²) in [4.78, 5) is 12.2. The highest BCUT2D eigenvalue weighted by molar-refractivity contribution is 8.01. The van der Waals surface area contributed by atoms with Crippen molar-refractivity contribution in [2.75, 3.05) is 6.61 Å². The highest BCUT2D eigenvalue weighted by Crippen LogP contribution is 2.52. The summed E-state index contributed by atoms with van der Waals surface area (Å²) in [6, 6.07) is 9.99. The SMILES string of the molecule is C[C@H]1C=C[C@H]2COC(=O)[C@]2(c2ccccc2)S1. The number of cyclic esters (lactones) is 1. The number of hydrogen-bond donors (Lipinski definition) is 0. The van der Waals surface area contributed by atoms with Gasteiger partial charge in [-0.25, -0.2) is 0 Å². The summed E-state index contributed by atoms with van der Waals surface area (Å²) in [5, 5.41) is 0.345. The Balaban J connectivity index is 2.13. The van der Waals surface area contributed by atoms with Gasteiger partial charge in [0, 0.05) is 11.2 Å². The minimum Gasteiger partial charge on any atom is -0.464 e. The van der Waals surface area contributed by atoms with E-state index < -0.39 is 4.75 Å². The molecule has 0 unspecified atom stereocenters. The lowest BCUT2D eigenvalue weighted by Gasteiger charge is -2.34. The van der Waals surface area contributed by atoms with E-state index in [9.17, 15) is 4.79 Å². The second-order valence-corrected chi connectivity index (χ2v) is 6.14. The van der Waals surface area contributed by atoms with E-state index in [0.717, 1.165) is 5.56 Å². The minimum absolute atomic E-state index is 0.0881. The first-order valence-electron chi connectivity index (χ1n) is 5.82. The number of carbonyl (C=O) groups is 1. The number of ether oxygens (including phenoxy) is 1. The van der Waals surface area contributed by atoms with Crippen LogP contribution in [0, 0.1) is 5.92 Å². The summed E-state index contributed by atoms with van der Waals surface area (Å²) in [6.45, 7) is 2.62. The molecular formula is C14H14O2S. The molecule has 3 rings (SSSR count). The van der Waals surface area contributed by atoms with Gasteiger partial charge in [-0.2, -0.15) is 0 Å². The highest BCUT2D eigenvalue weighted by atomic mass is 32.2. The molecule has 0 saturated carbocycles. The van der Waals surface area contributed by atoms with E-state index in [4.69, 9.17) is 4.74 Å². The maximum Gasteiger partial charge on any atom is 0.327 e. The molecule has 1 fully saturated rings. The average Bonchev–Trinajstić information content (AvgIpc) is 2.69. The summed E-state index contributed by atoms with van der Waals surface area (Å²) in [6.07, 6.45) is 4.30. The quantitative estimate of drug-likeness (QED) is 0.563. The summed E-state index contributed by atoms with van der Waals surface area (Å²) < 4.78 is 4.78. The first-order chi connectivity index (χ1) is 8.23. The molecule has 2 nitrogen and oxygen atoms in total. The molecule has 88 valence electrons. The molecule has 0 bridgehead atoms. The standard InChI is InChI=1S/C14H14O2S/c1-10-7-8-12-9-16-13(15)14(12,17-10)11-5-3-2-4-6-11/h2-8,10,12H,9H2,1H3/t10-,12-,14+/m0/s1. The van der Waals surface area contributed by atoms with Crippen molar-refractivity contribution in [3.05, 3.63) is 48.0 Å². The average molecular weight is 246 g/mol. The largest absolute Gasteiger partial charge is 0.464 e. The van der Waals surface area contributed by atoms with Gasteiger partial charge < -0.3 is 4.74 Å². The van der Waals surface area contributed by atoms with Crippen LogP contribution in [0.4, 0.5) is 0 Å². The Morgan fingerprint density at radius 2 is 2.06 bits per heavy atom. The lowest BCUT2D eigenvalue weighted by atomic mass is 9.86. The van der Waals surface area contributed by atoms with E-state index in [0.29, 0.717) is 11.9 Å². The molecule has 0 amide bonds. The third-order valence-electron chi connectivity index (χ3n) is 3.41. The predicted molar refractivity (Wildman–Crippen MR) is 68.8 cm³/mol. The Hall–Kier alpha value is -1.22. The van der Waals surface area contributed by atoms with Gasteiger partial charge in [0.2, 0.25) is 0 Å². The minimum atomic E-state index is -0.518. The first-order valence-corrected chi connectivity index (χ1v) is 6.70. The van der Waals surface area contributed by atoms with Gasteiger partial charge in [0.05, 0.1) is 6.61 Å². The molecule has 0 N–H and O–H groups in total. The number of esters is 1. The van der Waals surface area contributed by atoms with Crippen LogP contribution in [-0.2, 0) is 14.3 Å². The second-order valence-electron chi connectivity index (χ2n) is 4.51. The maximum absolute atomic E-state index is 12.2. The van der Waals surface area contributed by atoms with Crippen LogP contribution >= 0.6 is 11.8 Å². The van der Waals surface area contributed by atoms with Gasteiger partial charge in [0.25, 0.3) is 0 Å². The fourth-order valence-corrected chi connectivity index (χ4v) is 4.08. The molecule has 1 aromatic rings. The smallest absolute Gasteiger partial charge is 0.327 e. The molecule has 0 aromatic heterocycles. The maximum atomic E-state index is 12.2. The number of carbonyl (C=O) groups excluding carboxylic acids is 1. The van der Waals surface area contributed by atoms with Gasteiger partial charge >= 0.3 is 5.97 Å². The van der Waals surface area contributed by atoms with Crippen LogP contribution in [-0.4, -0.2) is 17.8 Å². The summed E-state index contributed by atoms with van der Waals surface area (Å²) in [5.74, 6) is 0.0773. The van der Waals surface area contributed by atoms with E-state index >= 15 is 0 Å². The Kier molecular flexibility index (Phi) is 2.51. The van der Waals surface area contributed by atoms with Crippen molar-refractivity contribution in [1.29, 1.82) is 0 Å². The van der Waals surface area contributed by atoms with Crippen molar-refractivity contribution < 1.29 is 9.53 Å². The van der Waals surface area contributed by atoms with Crippen LogP contribution < -0.4 is 0 Å². The molecule has 2 heterocycles. The third kappa shape index (κ3) is 1.53. The van der Waals surface area contributed by atoms with Crippen molar-refractivity contribution in [2.45, 2.75) is 16.9 Å². The van der Waals surface area contributed by atoms with Crippen LogP contribution in [0.15, 0.2) is 42.5 Å². The Labute approximate surface area is 105 Å². The molecule has 2 aliphatic heterocycles. The van der Waals surface area contributed by atoms with E-state index in [1.807, 2.05) is 30.3 Å². The Bertz CT molecular complexity index is 468. The normalized spacial score (nSPS) is 35.5. The lowest BCUT2D eigenvalue weighted by molar-refractivity contribution is -0.140. The van der Waals surface area contributed by atoms with E-state index in [2.05, 4.69) is 19.1 Å². The van der Waals surface area contributed by atoms with Gasteiger partial charge in [0.15, 0.2) is 0 Å². The lowest BCUT2D eigenvalue weighted by Crippen LogP contribution is -2.37. The van der Waals surface area contributed by atoms with Crippen molar-refractivity contribution in [3.8, 4) is 0 Å². The molecule has 0 spiro atoms. The van der Waals surface area contributed by atoms with Crippen LogP contribution in [0.1, 0.15) is 12.5 Å². The Morgan fingerprint density at radius 3 is 2.82 bits per heavy atom. The van der Waals surface area contributed by atoms with Crippen LogP contribution in [0.3, 0.4) is 0 Å². The van der Waals surface area contributed by atoms with Crippen molar-refractivity contribution in [2.24, 2.45) is 5.92 Å². The fraction of sp³-hybridized carbons (Fsp3) is 0.357. The molecule has 0 radical (unpaired) electrons. The van der Waals surface area contributed by atoms with Crippen molar-refractivity contribution >= 4 is 17.7 Å². The van der Waals surface area contributed by atoms with E-state index in [1.54, 1.807) is 11.8 Å². The monoisotopic (exact) mass is 246 g/mol. The van der Waals surface area contributed by atoms with Gasteiger partial charge in [-0.1, -0.05) is 42.5 Å². The Morgan fingerprint density at radius 1 is 1.29 bits per heavy atom. The van der Waals surface area contributed by atoms with Gasteiger partial charge in [-0.05, 0) is 12.5 Å². The van der Waals surface area contributed by atoms with Crippen LogP contribution in [0.2, 0.25) is 0 Å². The molecule has 3 heteroatoms. The summed E-state index contributed by atoms with van der Waals surface area (Å²) >= 11 is 1.70. The molecule has 1 aromatic carbocycles. The predicted octanol–water partition coefficient (Wildman–Crippen LogP) is 2.75. The molecule has 3 atom stereocenters. The number of fused-ring (bicyclic) bond motifs is 1. The van der Waals surface area contributed by atoms with Gasteiger partial charge in [0.1, 0.15) is 4.75 Å². The second kappa shape index (κ2) is 3.91. The molecule has 2 aliphatic rings. The van der Waals surface area contributed by atoms with Crippen LogP contribution in [0.5, 0.6) is 0 Å². The van der Waals surface area contributed by atoms with Crippen molar-refractivity contribution in [1.82, 2.24) is 0 Å². The zero-order chi connectivity index (χ0) is 11.9. The topological polar surface area (TPSA) is 26.3 Å². The van der Waals surface area contributed by atoms with E-state index in [1.165, 1.54) is 0 Å². The molecule has 17 heavy (non-hydrogen) atoms. The summed E-state index contributed by atoms with van der Waals surface area (Å²) in [5.41, 5.74) is 1.06. The molecule has 0 aliphatic carbocycles. The van der Waals surface area contributed by atoms with Gasteiger partial charge in [-0.15, -0.1) is 11.8 Å². The molecule has 1 saturated heterocycles. The third-order valence-corrected chi connectivity index (χ3v) is 5.01.